The molecule has 1 N–H and O–H groups in total. The first-order valence-electron chi connectivity index (χ1n) is 9.36. The molecule has 1 heteroatoms. The first-order valence-corrected chi connectivity index (χ1v) is 9.36. The van der Waals surface area contributed by atoms with Crippen molar-refractivity contribution >= 4 is 0 Å². The Morgan fingerprint density at radius 3 is 2.43 bits per heavy atom. The van der Waals surface area contributed by atoms with Gasteiger partial charge in [-0.1, -0.05) is 56.4 Å². The van der Waals surface area contributed by atoms with Crippen molar-refractivity contribution < 1.29 is 5.11 Å². The van der Waals surface area contributed by atoms with Crippen LogP contribution in [0.25, 0.3) is 0 Å². The highest BCUT2D eigenvalue weighted by Crippen LogP contribution is 2.56. The minimum absolute atomic E-state index is 0.367. The van der Waals surface area contributed by atoms with E-state index in [1.807, 2.05) is 0 Å². The van der Waals surface area contributed by atoms with Gasteiger partial charge in [0, 0.05) is 6.61 Å². The van der Waals surface area contributed by atoms with Crippen LogP contribution in [-0.2, 0) is 0 Å². The fraction of sp³-hybridized carbons (Fsp3) is 0.800. The summed E-state index contributed by atoms with van der Waals surface area (Å²) in [5, 5.41) is 8.76. The molecule has 1 nitrogen and oxygen atoms in total. The van der Waals surface area contributed by atoms with Crippen LogP contribution in [0.2, 0.25) is 0 Å². The van der Waals surface area contributed by atoms with Crippen molar-refractivity contribution in [2.24, 2.45) is 29.6 Å². The van der Waals surface area contributed by atoms with Crippen LogP contribution in [0, 0.1) is 29.6 Å². The second kappa shape index (κ2) is 7.63. The molecule has 0 saturated heterocycles. The van der Waals surface area contributed by atoms with Gasteiger partial charge in [0.2, 0.25) is 0 Å². The van der Waals surface area contributed by atoms with Crippen LogP contribution in [0.15, 0.2) is 24.3 Å². The van der Waals surface area contributed by atoms with Crippen molar-refractivity contribution in [1.82, 2.24) is 0 Å². The van der Waals surface area contributed by atoms with Crippen molar-refractivity contribution in [3.8, 4) is 0 Å². The van der Waals surface area contributed by atoms with E-state index in [0.29, 0.717) is 6.61 Å². The van der Waals surface area contributed by atoms with Crippen molar-refractivity contribution in [2.45, 2.75) is 64.2 Å². The van der Waals surface area contributed by atoms with E-state index in [4.69, 9.17) is 5.11 Å². The third kappa shape index (κ3) is 3.62. The molecule has 0 aromatic carbocycles. The molecular formula is C20H32O. The molecule has 3 aliphatic rings. The van der Waals surface area contributed by atoms with E-state index in [0.717, 1.165) is 36.0 Å². The molecule has 0 amide bonds. The molecule has 1 fully saturated rings. The Balaban J connectivity index is 1.33. The molecule has 5 atom stereocenters. The smallest absolute Gasteiger partial charge is 0.0431 e. The minimum atomic E-state index is 0.367. The molecule has 3 aliphatic carbocycles. The lowest BCUT2D eigenvalue weighted by Crippen LogP contribution is -2.48. The zero-order valence-electron chi connectivity index (χ0n) is 13.4. The van der Waals surface area contributed by atoms with Crippen LogP contribution in [0.5, 0.6) is 0 Å². The first-order chi connectivity index (χ1) is 10.4. The monoisotopic (exact) mass is 288 g/mol. The maximum Gasteiger partial charge on any atom is 0.0431 e. The van der Waals surface area contributed by atoms with Gasteiger partial charge in [0.05, 0.1) is 0 Å². The largest absolute Gasteiger partial charge is 0.396 e. The lowest BCUT2D eigenvalue weighted by Gasteiger charge is -2.54. The topological polar surface area (TPSA) is 20.2 Å². The molecule has 0 spiro atoms. The highest BCUT2D eigenvalue weighted by atomic mass is 16.2. The molecule has 3 rings (SSSR count). The molecule has 0 aromatic heterocycles. The van der Waals surface area contributed by atoms with Crippen LogP contribution in [-0.4, -0.2) is 11.7 Å². The van der Waals surface area contributed by atoms with Crippen LogP contribution >= 0.6 is 0 Å². The van der Waals surface area contributed by atoms with E-state index in [-0.39, 0.29) is 0 Å². The van der Waals surface area contributed by atoms with Crippen molar-refractivity contribution in [3.63, 3.8) is 0 Å². The zero-order valence-corrected chi connectivity index (χ0v) is 13.4. The molecule has 0 bridgehead atoms. The van der Waals surface area contributed by atoms with Crippen LogP contribution in [0.4, 0.5) is 0 Å². The third-order valence-corrected chi connectivity index (χ3v) is 6.17. The van der Waals surface area contributed by atoms with Gasteiger partial charge in [0.15, 0.2) is 0 Å². The third-order valence-electron chi connectivity index (χ3n) is 6.17. The molecule has 21 heavy (non-hydrogen) atoms. The molecule has 5 unspecified atom stereocenters. The summed E-state index contributed by atoms with van der Waals surface area (Å²) in [7, 11) is 0. The SMILES string of the molecule is OCCCCCCCCC1C=CC2C3CCC=CC3C2C1. The van der Waals surface area contributed by atoms with Crippen molar-refractivity contribution in [2.75, 3.05) is 6.61 Å². The number of hydrogen-bond donors (Lipinski definition) is 1. The summed E-state index contributed by atoms with van der Waals surface area (Å²) in [4.78, 5) is 0. The van der Waals surface area contributed by atoms with E-state index in [9.17, 15) is 0 Å². The van der Waals surface area contributed by atoms with Gasteiger partial charge >= 0.3 is 0 Å². The fourth-order valence-corrected chi connectivity index (χ4v) is 4.97. The lowest BCUT2D eigenvalue weighted by atomic mass is 9.50. The summed E-state index contributed by atoms with van der Waals surface area (Å²) in [6, 6.07) is 0. The van der Waals surface area contributed by atoms with Crippen molar-refractivity contribution in [3.05, 3.63) is 24.3 Å². The Labute approximate surface area is 130 Å². The summed E-state index contributed by atoms with van der Waals surface area (Å²) < 4.78 is 0. The summed E-state index contributed by atoms with van der Waals surface area (Å²) in [5.41, 5.74) is 0. The average molecular weight is 288 g/mol. The Morgan fingerprint density at radius 2 is 1.57 bits per heavy atom. The molecule has 0 aromatic rings. The number of allylic oxidation sites excluding steroid dienone is 4. The van der Waals surface area contributed by atoms with E-state index >= 15 is 0 Å². The van der Waals surface area contributed by atoms with E-state index < -0.39 is 0 Å². The minimum Gasteiger partial charge on any atom is -0.396 e. The summed E-state index contributed by atoms with van der Waals surface area (Å²) >= 11 is 0. The fourth-order valence-electron chi connectivity index (χ4n) is 4.97. The van der Waals surface area contributed by atoms with Gasteiger partial charge in [-0.05, 0) is 61.7 Å². The second-order valence-electron chi connectivity index (χ2n) is 7.50. The Kier molecular flexibility index (Phi) is 5.57. The second-order valence-corrected chi connectivity index (χ2v) is 7.50. The molecule has 118 valence electrons. The highest BCUT2D eigenvalue weighted by Gasteiger charge is 2.49. The number of rotatable bonds is 8. The number of fused-ring (bicyclic) bond motifs is 4. The van der Waals surface area contributed by atoms with Crippen molar-refractivity contribution in [1.29, 1.82) is 0 Å². The summed E-state index contributed by atoms with van der Waals surface area (Å²) in [6.07, 6.45) is 23.4. The van der Waals surface area contributed by atoms with Gasteiger partial charge in [-0.2, -0.15) is 0 Å². The van der Waals surface area contributed by atoms with Gasteiger partial charge in [-0.25, -0.2) is 0 Å². The first kappa shape index (κ1) is 15.3. The molecule has 1 saturated carbocycles. The molecule has 0 aliphatic heterocycles. The van der Waals surface area contributed by atoms with Gasteiger partial charge in [-0.3, -0.25) is 0 Å². The van der Waals surface area contributed by atoms with Gasteiger partial charge in [-0.15, -0.1) is 0 Å². The predicted molar refractivity (Wildman–Crippen MR) is 89.0 cm³/mol. The lowest BCUT2D eigenvalue weighted by molar-refractivity contribution is 0.00958. The quantitative estimate of drug-likeness (QED) is 0.486. The van der Waals surface area contributed by atoms with Crippen LogP contribution < -0.4 is 0 Å². The molecular weight excluding hydrogens is 256 g/mol. The number of aliphatic hydroxyl groups excluding tert-OH is 1. The Hall–Kier alpha value is -0.560. The highest BCUT2D eigenvalue weighted by molar-refractivity contribution is 5.18. The standard InChI is InChI=1S/C20H32O/c21-14-8-4-2-1-3-5-9-16-12-13-19-17-10-6-7-11-18(17)20(19)15-16/h7,11-13,16-21H,1-6,8-10,14-15H2. The Morgan fingerprint density at radius 1 is 0.810 bits per heavy atom. The number of aliphatic hydroxyl groups is 1. The summed E-state index contributed by atoms with van der Waals surface area (Å²) in [5.74, 6) is 4.68. The molecule has 0 heterocycles. The maximum atomic E-state index is 8.76. The number of unbranched alkanes of at least 4 members (excludes halogenated alkanes) is 5. The van der Waals surface area contributed by atoms with Gasteiger partial charge in [0.1, 0.15) is 0 Å². The van der Waals surface area contributed by atoms with E-state index in [2.05, 4.69) is 24.3 Å². The molecule has 0 radical (unpaired) electrons. The maximum absolute atomic E-state index is 8.76. The zero-order chi connectivity index (χ0) is 14.5. The normalized spacial score (nSPS) is 36.9. The van der Waals surface area contributed by atoms with E-state index in [1.165, 1.54) is 57.8 Å². The van der Waals surface area contributed by atoms with Crippen LogP contribution in [0.3, 0.4) is 0 Å². The predicted octanol–water partition coefficient (Wildman–Crippen LogP) is 5.11. The Bertz CT molecular complexity index is 370. The van der Waals surface area contributed by atoms with Gasteiger partial charge in [0.25, 0.3) is 0 Å². The van der Waals surface area contributed by atoms with Crippen LogP contribution in [0.1, 0.15) is 64.2 Å². The summed E-state index contributed by atoms with van der Waals surface area (Å²) in [6.45, 7) is 0.367. The number of hydrogen-bond acceptors (Lipinski definition) is 1. The van der Waals surface area contributed by atoms with Gasteiger partial charge < -0.3 is 5.11 Å². The van der Waals surface area contributed by atoms with E-state index in [1.54, 1.807) is 0 Å². The average Bonchev–Trinajstić information content (AvgIpc) is 2.52.